The first-order chi connectivity index (χ1) is 10.2. The van der Waals surface area contributed by atoms with Gasteiger partial charge in [-0.2, -0.15) is 4.37 Å². The Labute approximate surface area is 129 Å². The van der Waals surface area contributed by atoms with Gasteiger partial charge in [-0.05, 0) is 29.9 Å². The molecule has 0 atom stereocenters. The zero-order valence-corrected chi connectivity index (χ0v) is 13.3. The van der Waals surface area contributed by atoms with Gasteiger partial charge in [0, 0.05) is 37.7 Å². The lowest BCUT2D eigenvalue weighted by Crippen LogP contribution is -2.08. The van der Waals surface area contributed by atoms with Crippen molar-refractivity contribution in [3.63, 3.8) is 0 Å². The zero-order chi connectivity index (χ0) is 15.1. The van der Waals surface area contributed by atoms with Gasteiger partial charge in [0.15, 0.2) is 0 Å². The summed E-state index contributed by atoms with van der Waals surface area (Å²) < 4.78 is 9.80. The van der Waals surface area contributed by atoms with Crippen molar-refractivity contribution in [2.75, 3.05) is 30.8 Å². The maximum Gasteiger partial charge on any atom is 0.147 e. The Kier molecular flexibility index (Phi) is 5.95. The molecule has 2 heterocycles. The van der Waals surface area contributed by atoms with Crippen molar-refractivity contribution in [1.82, 2.24) is 9.36 Å². The maximum atomic E-state index is 5.97. The number of rotatable bonds is 8. The minimum atomic E-state index is 0.548. The SMILES string of the molecule is CC(C)COCCCNc1snc(N)c1-c1cccnc1. The first kappa shape index (κ1) is 15.7. The van der Waals surface area contributed by atoms with Gasteiger partial charge in [-0.15, -0.1) is 0 Å². The van der Waals surface area contributed by atoms with Crippen LogP contribution < -0.4 is 11.1 Å². The maximum absolute atomic E-state index is 5.97. The molecule has 0 aliphatic rings. The summed E-state index contributed by atoms with van der Waals surface area (Å²) in [7, 11) is 0. The predicted molar refractivity (Wildman–Crippen MR) is 88.5 cm³/mol. The van der Waals surface area contributed by atoms with Gasteiger partial charge < -0.3 is 15.8 Å². The summed E-state index contributed by atoms with van der Waals surface area (Å²) in [6.07, 6.45) is 4.51. The molecule has 0 spiro atoms. The fourth-order valence-electron chi connectivity index (χ4n) is 1.91. The molecule has 3 N–H and O–H groups in total. The standard InChI is InChI=1S/C15H22N4OS/c1-11(2)10-20-8-4-7-18-15-13(14(16)19-21-15)12-5-3-6-17-9-12/h3,5-6,9,11,18H,4,7-8,10H2,1-2H3,(H2,16,19). The third kappa shape index (κ3) is 4.68. The minimum absolute atomic E-state index is 0.548. The minimum Gasteiger partial charge on any atom is -0.382 e. The first-order valence-corrected chi connectivity index (χ1v) is 7.93. The van der Waals surface area contributed by atoms with Gasteiger partial charge in [0.1, 0.15) is 10.8 Å². The number of ether oxygens (including phenoxy) is 1. The number of pyridine rings is 1. The molecule has 2 rings (SSSR count). The van der Waals surface area contributed by atoms with Crippen LogP contribution >= 0.6 is 11.5 Å². The third-order valence-corrected chi connectivity index (χ3v) is 3.69. The zero-order valence-electron chi connectivity index (χ0n) is 12.5. The molecule has 114 valence electrons. The van der Waals surface area contributed by atoms with Crippen LogP contribution in [0.5, 0.6) is 0 Å². The third-order valence-electron chi connectivity index (χ3n) is 2.87. The molecule has 2 aromatic rings. The van der Waals surface area contributed by atoms with Crippen molar-refractivity contribution in [1.29, 1.82) is 0 Å². The normalized spacial score (nSPS) is 11.0. The summed E-state index contributed by atoms with van der Waals surface area (Å²) in [5, 5.41) is 4.38. The highest BCUT2D eigenvalue weighted by Gasteiger charge is 2.13. The van der Waals surface area contributed by atoms with Gasteiger partial charge in [0.2, 0.25) is 0 Å². The van der Waals surface area contributed by atoms with Crippen molar-refractivity contribution in [3.05, 3.63) is 24.5 Å². The summed E-state index contributed by atoms with van der Waals surface area (Å²) in [5.74, 6) is 1.13. The van der Waals surface area contributed by atoms with Crippen LogP contribution in [0.3, 0.4) is 0 Å². The van der Waals surface area contributed by atoms with Crippen LogP contribution in [-0.4, -0.2) is 29.1 Å². The molecule has 0 saturated heterocycles. The summed E-state index contributed by atoms with van der Waals surface area (Å²) >= 11 is 1.38. The second kappa shape index (κ2) is 7.95. The molecule has 0 aliphatic carbocycles. The highest BCUT2D eigenvalue weighted by atomic mass is 32.1. The van der Waals surface area contributed by atoms with Crippen LogP contribution in [0.15, 0.2) is 24.5 Å². The molecule has 2 aromatic heterocycles. The van der Waals surface area contributed by atoms with E-state index >= 15 is 0 Å². The van der Waals surface area contributed by atoms with E-state index in [1.165, 1.54) is 11.5 Å². The monoisotopic (exact) mass is 306 g/mol. The molecule has 5 nitrogen and oxygen atoms in total. The number of nitrogen functional groups attached to an aromatic ring is 1. The molecular formula is C15H22N4OS. The van der Waals surface area contributed by atoms with E-state index < -0.39 is 0 Å². The molecule has 0 aromatic carbocycles. The van der Waals surface area contributed by atoms with E-state index in [0.29, 0.717) is 11.7 Å². The van der Waals surface area contributed by atoms with Crippen molar-refractivity contribution in [2.24, 2.45) is 5.92 Å². The number of hydrogen-bond acceptors (Lipinski definition) is 6. The smallest absolute Gasteiger partial charge is 0.147 e. The molecule has 0 fully saturated rings. The Hall–Kier alpha value is -1.66. The fraction of sp³-hybridized carbons (Fsp3) is 0.467. The molecule has 0 bridgehead atoms. The Morgan fingerprint density at radius 2 is 2.29 bits per heavy atom. The Bertz CT molecular complexity index is 542. The lowest BCUT2D eigenvalue weighted by atomic mass is 10.1. The van der Waals surface area contributed by atoms with Crippen molar-refractivity contribution in [3.8, 4) is 11.1 Å². The second-order valence-electron chi connectivity index (χ2n) is 5.26. The topological polar surface area (TPSA) is 73.1 Å². The van der Waals surface area contributed by atoms with Crippen LogP contribution in [0.1, 0.15) is 20.3 Å². The van der Waals surface area contributed by atoms with Crippen molar-refractivity contribution in [2.45, 2.75) is 20.3 Å². The quantitative estimate of drug-likeness (QED) is 0.732. The van der Waals surface area contributed by atoms with Crippen LogP contribution in [0.25, 0.3) is 11.1 Å². The van der Waals surface area contributed by atoms with Crippen molar-refractivity contribution < 1.29 is 4.74 Å². The van der Waals surface area contributed by atoms with Gasteiger partial charge >= 0.3 is 0 Å². The van der Waals surface area contributed by atoms with E-state index in [9.17, 15) is 0 Å². The Morgan fingerprint density at radius 1 is 1.43 bits per heavy atom. The molecule has 6 heteroatoms. The van der Waals surface area contributed by atoms with Crippen molar-refractivity contribution >= 4 is 22.4 Å². The number of nitrogens with zero attached hydrogens (tertiary/aromatic N) is 2. The predicted octanol–water partition coefficient (Wildman–Crippen LogP) is 3.26. The summed E-state index contributed by atoms with van der Waals surface area (Å²) in [6, 6.07) is 3.89. The van der Waals surface area contributed by atoms with Gasteiger partial charge in [0.05, 0.1) is 5.56 Å². The van der Waals surface area contributed by atoms with Crippen LogP contribution in [0.4, 0.5) is 10.8 Å². The second-order valence-corrected chi connectivity index (χ2v) is 6.04. The largest absolute Gasteiger partial charge is 0.382 e. The Balaban J connectivity index is 1.87. The van der Waals surface area contributed by atoms with Crippen LogP contribution in [0, 0.1) is 5.92 Å². The van der Waals surface area contributed by atoms with Gasteiger partial charge in [-0.25, -0.2) is 0 Å². The van der Waals surface area contributed by atoms with Gasteiger partial charge in [-0.1, -0.05) is 19.9 Å². The van der Waals surface area contributed by atoms with Crippen LogP contribution in [-0.2, 0) is 4.74 Å². The molecule has 0 amide bonds. The average molecular weight is 306 g/mol. The lowest BCUT2D eigenvalue weighted by molar-refractivity contribution is 0.110. The highest BCUT2D eigenvalue weighted by molar-refractivity contribution is 7.11. The van der Waals surface area contributed by atoms with E-state index in [2.05, 4.69) is 28.5 Å². The summed E-state index contributed by atoms with van der Waals surface area (Å²) in [5.41, 5.74) is 7.89. The molecule has 0 aliphatic heterocycles. The summed E-state index contributed by atoms with van der Waals surface area (Å²) in [4.78, 5) is 4.13. The molecule has 0 unspecified atom stereocenters. The van der Waals surface area contributed by atoms with Gasteiger partial charge in [0.25, 0.3) is 0 Å². The number of hydrogen-bond donors (Lipinski definition) is 2. The Morgan fingerprint density at radius 3 is 3.00 bits per heavy atom. The molecule has 0 saturated carbocycles. The van der Waals surface area contributed by atoms with E-state index in [4.69, 9.17) is 10.5 Å². The number of nitrogens with two attached hydrogens (primary N) is 1. The molecule has 0 radical (unpaired) electrons. The van der Waals surface area contributed by atoms with E-state index in [-0.39, 0.29) is 0 Å². The van der Waals surface area contributed by atoms with Crippen LogP contribution in [0.2, 0.25) is 0 Å². The van der Waals surface area contributed by atoms with E-state index in [1.807, 2.05) is 12.1 Å². The van der Waals surface area contributed by atoms with E-state index in [1.54, 1.807) is 12.4 Å². The highest BCUT2D eigenvalue weighted by Crippen LogP contribution is 2.36. The lowest BCUT2D eigenvalue weighted by Gasteiger charge is -2.09. The number of nitrogens with one attached hydrogen (secondary N) is 1. The fourth-order valence-corrected chi connectivity index (χ4v) is 2.67. The van der Waals surface area contributed by atoms with Gasteiger partial charge in [-0.3, -0.25) is 4.98 Å². The molecule has 21 heavy (non-hydrogen) atoms. The summed E-state index contributed by atoms with van der Waals surface area (Å²) in [6.45, 7) is 6.72. The first-order valence-electron chi connectivity index (χ1n) is 7.15. The number of aromatic nitrogens is 2. The van der Waals surface area contributed by atoms with E-state index in [0.717, 1.165) is 42.3 Å². The number of anilines is 2. The average Bonchev–Trinajstić information content (AvgIpc) is 2.84. The molecular weight excluding hydrogens is 284 g/mol.